The molecule has 1 aliphatic rings. The van der Waals surface area contributed by atoms with Gasteiger partial charge in [0.25, 0.3) is 0 Å². The molecule has 1 N–H and O–H groups in total. The summed E-state index contributed by atoms with van der Waals surface area (Å²) in [5, 5.41) is 9.22. The molecule has 100 valence electrons. The number of rotatable bonds is 4. The Kier molecular flexibility index (Phi) is 5.03. The lowest BCUT2D eigenvalue weighted by Gasteiger charge is -2.29. The summed E-state index contributed by atoms with van der Waals surface area (Å²) in [6.07, 6.45) is 4.46. The topological polar surface area (TPSA) is 36.4 Å². The van der Waals surface area contributed by atoms with Gasteiger partial charge in [0.1, 0.15) is 0 Å². The Labute approximate surface area is 114 Å². The highest BCUT2D eigenvalue weighted by Gasteiger charge is 2.17. The van der Waals surface area contributed by atoms with E-state index in [-0.39, 0.29) is 6.61 Å². The Morgan fingerprint density at radius 3 is 3.11 bits per heavy atom. The summed E-state index contributed by atoms with van der Waals surface area (Å²) >= 11 is 1.91. The molecule has 0 radical (unpaired) electrons. The van der Waals surface area contributed by atoms with Gasteiger partial charge in [0.15, 0.2) is 0 Å². The Morgan fingerprint density at radius 1 is 1.56 bits per heavy atom. The minimum atomic E-state index is 0.0341. The number of aliphatic hydroxyl groups is 1. The first kappa shape index (κ1) is 13.8. The van der Waals surface area contributed by atoms with Gasteiger partial charge in [-0.1, -0.05) is 0 Å². The first-order valence-corrected chi connectivity index (χ1v) is 7.56. The van der Waals surface area contributed by atoms with Crippen LogP contribution in [0.5, 0.6) is 0 Å². The maximum atomic E-state index is 9.22. The second kappa shape index (κ2) is 6.55. The van der Waals surface area contributed by atoms with Crippen molar-refractivity contribution in [3.8, 4) is 0 Å². The Bertz CT molecular complexity index is 397. The van der Waals surface area contributed by atoms with Crippen LogP contribution in [0.4, 0.5) is 0 Å². The molecule has 1 aliphatic heterocycles. The van der Waals surface area contributed by atoms with Crippen LogP contribution in [-0.2, 0) is 6.61 Å². The van der Waals surface area contributed by atoms with Crippen molar-refractivity contribution in [3.63, 3.8) is 0 Å². The van der Waals surface area contributed by atoms with E-state index in [0.29, 0.717) is 0 Å². The zero-order valence-electron chi connectivity index (χ0n) is 11.2. The standard InChI is InChI=1S/C14H22N2OS/c1-11-13(9-17)15-6-5-14(11)18-10-12-4-3-7-16(2)8-12/h5-6,12,17H,3-4,7-10H2,1-2H3. The van der Waals surface area contributed by atoms with E-state index in [1.54, 1.807) is 6.20 Å². The molecule has 2 heterocycles. The van der Waals surface area contributed by atoms with Gasteiger partial charge in [0.05, 0.1) is 12.3 Å². The summed E-state index contributed by atoms with van der Waals surface area (Å²) in [5.41, 5.74) is 1.94. The van der Waals surface area contributed by atoms with Crippen LogP contribution in [0, 0.1) is 12.8 Å². The molecule has 3 nitrogen and oxygen atoms in total. The van der Waals surface area contributed by atoms with Crippen LogP contribution in [0.15, 0.2) is 17.2 Å². The minimum absolute atomic E-state index is 0.0341. The third-order valence-corrected chi connectivity index (χ3v) is 5.00. The molecule has 18 heavy (non-hydrogen) atoms. The average Bonchev–Trinajstić information content (AvgIpc) is 2.38. The van der Waals surface area contributed by atoms with Crippen LogP contribution in [0.25, 0.3) is 0 Å². The van der Waals surface area contributed by atoms with Crippen LogP contribution < -0.4 is 0 Å². The number of aliphatic hydroxyl groups excluding tert-OH is 1. The second-order valence-electron chi connectivity index (χ2n) is 5.12. The summed E-state index contributed by atoms with van der Waals surface area (Å²) < 4.78 is 0. The smallest absolute Gasteiger partial charge is 0.0856 e. The van der Waals surface area contributed by atoms with E-state index in [1.807, 2.05) is 18.7 Å². The predicted molar refractivity (Wildman–Crippen MR) is 75.8 cm³/mol. The van der Waals surface area contributed by atoms with Crippen LogP contribution in [0.3, 0.4) is 0 Å². The molecular weight excluding hydrogens is 244 g/mol. The highest BCUT2D eigenvalue weighted by atomic mass is 32.2. The number of thioether (sulfide) groups is 1. The molecule has 1 fully saturated rings. The van der Waals surface area contributed by atoms with Gasteiger partial charge in [0.2, 0.25) is 0 Å². The maximum Gasteiger partial charge on any atom is 0.0856 e. The summed E-state index contributed by atoms with van der Waals surface area (Å²) in [6.45, 7) is 4.54. The lowest BCUT2D eigenvalue weighted by atomic mass is 10.0. The van der Waals surface area contributed by atoms with Gasteiger partial charge in [0, 0.05) is 23.4 Å². The monoisotopic (exact) mass is 266 g/mol. The number of hydrogen-bond donors (Lipinski definition) is 1. The van der Waals surface area contributed by atoms with E-state index in [9.17, 15) is 5.11 Å². The van der Waals surface area contributed by atoms with E-state index in [1.165, 1.54) is 36.6 Å². The Morgan fingerprint density at radius 2 is 2.39 bits per heavy atom. The largest absolute Gasteiger partial charge is 0.390 e. The predicted octanol–water partition coefficient (Wildman–Crippen LogP) is 2.32. The number of nitrogens with zero attached hydrogens (tertiary/aromatic N) is 2. The molecule has 1 saturated heterocycles. The highest BCUT2D eigenvalue weighted by Crippen LogP contribution is 2.28. The van der Waals surface area contributed by atoms with Gasteiger partial charge >= 0.3 is 0 Å². The first-order valence-electron chi connectivity index (χ1n) is 6.57. The maximum absolute atomic E-state index is 9.22. The fourth-order valence-electron chi connectivity index (χ4n) is 2.49. The van der Waals surface area contributed by atoms with Crippen molar-refractivity contribution in [2.45, 2.75) is 31.3 Å². The van der Waals surface area contributed by atoms with Crippen molar-refractivity contribution in [1.29, 1.82) is 0 Å². The zero-order chi connectivity index (χ0) is 13.0. The minimum Gasteiger partial charge on any atom is -0.390 e. The molecule has 4 heteroatoms. The van der Waals surface area contributed by atoms with Gasteiger partial charge in [-0.05, 0) is 50.9 Å². The lowest BCUT2D eigenvalue weighted by Crippen LogP contribution is -2.33. The number of likely N-dealkylation sites (tertiary alicyclic amines) is 1. The van der Waals surface area contributed by atoms with Gasteiger partial charge < -0.3 is 10.0 Å². The molecular formula is C14H22N2OS. The number of piperidine rings is 1. The van der Waals surface area contributed by atoms with Crippen molar-refractivity contribution in [3.05, 3.63) is 23.5 Å². The van der Waals surface area contributed by atoms with Crippen LogP contribution >= 0.6 is 11.8 Å². The molecule has 1 atom stereocenters. The number of hydrogen-bond acceptors (Lipinski definition) is 4. The van der Waals surface area contributed by atoms with E-state index in [2.05, 4.69) is 23.0 Å². The third kappa shape index (κ3) is 3.46. The SMILES string of the molecule is Cc1c(SCC2CCCN(C)C2)ccnc1CO. The zero-order valence-corrected chi connectivity index (χ0v) is 12.0. The molecule has 0 amide bonds. The fraction of sp³-hybridized carbons (Fsp3) is 0.643. The second-order valence-corrected chi connectivity index (χ2v) is 6.18. The number of pyridine rings is 1. The molecule has 0 bridgehead atoms. The first-order chi connectivity index (χ1) is 8.70. The molecule has 1 unspecified atom stereocenters. The van der Waals surface area contributed by atoms with E-state index >= 15 is 0 Å². The normalized spacial score (nSPS) is 21.2. The summed E-state index contributed by atoms with van der Waals surface area (Å²) in [5.74, 6) is 1.96. The van der Waals surface area contributed by atoms with Gasteiger partial charge in [-0.15, -0.1) is 11.8 Å². The molecule has 2 rings (SSSR count). The van der Waals surface area contributed by atoms with Crippen LogP contribution in [0.2, 0.25) is 0 Å². The van der Waals surface area contributed by atoms with Crippen molar-refractivity contribution in [2.75, 3.05) is 25.9 Å². The molecule has 0 aliphatic carbocycles. The molecule has 1 aromatic rings. The molecule has 0 aromatic carbocycles. The van der Waals surface area contributed by atoms with Crippen molar-refractivity contribution in [1.82, 2.24) is 9.88 Å². The Balaban J connectivity index is 1.93. The third-order valence-electron chi connectivity index (χ3n) is 3.61. The highest BCUT2D eigenvalue weighted by molar-refractivity contribution is 7.99. The van der Waals surface area contributed by atoms with E-state index in [4.69, 9.17) is 0 Å². The van der Waals surface area contributed by atoms with Crippen LogP contribution in [-0.4, -0.2) is 40.9 Å². The van der Waals surface area contributed by atoms with Crippen molar-refractivity contribution < 1.29 is 5.11 Å². The lowest BCUT2D eigenvalue weighted by molar-refractivity contribution is 0.224. The molecule has 1 aromatic heterocycles. The summed E-state index contributed by atoms with van der Waals surface area (Å²) in [4.78, 5) is 7.88. The number of aromatic nitrogens is 1. The van der Waals surface area contributed by atoms with Crippen LogP contribution in [0.1, 0.15) is 24.1 Å². The fourth-order valence-corrected chi connectivity index (χ4v) is 3.67. The van der Waals surface area contributed by atoms with Gasteiger partial charge in [-0.3, -0.25) is 4.98 Å². The summed E-state index contributed by atoms with van der Waals surface area (Å²) in [7, 11) is 2.21. The van der Waals surface area contributed by atoms with Crippen molar-refractivity contribution >= 4 is 11.8 Å². The quantitative estimate of drug-likeness (QED) is 0.849. The van der Waals surface area contributed by atoms with E-state index < -0.39 is 0 Å². The summed E-state index contributed by atoms with van der Waals surface area (Å²) in [6, 6.07) is 2.06. The van der Waals surface area contributed by atoms with Crippen molar-refractivity contribution in [2.24, 2.45) is 5.92 Å². The van der Waals surface area contributed by atoms with E-state index in [0.717, 1.165) is 17.2 Å². The molecule has 0 spiro atoms. The Hall–Kier alpha value is -0.580. The van der Waals surface area contributed by atoms with Gasteiger partial charge in [-0.2, -0.15) is 0 Å². The average molecular weight is 266 g/mol. The van der Waals surface area contributed by atoms with Gasteiger partial charge in [-0.25, -0.2) is 0 Å². The molecule has 0 saturated carbocycles.